The van der Waals surface area contributed by atoms with Crippen LogP contribution >= 0.6 is 0 Å². The number of aromatic carboxylic acids is 1. The van der Waals surface area contributed by atoms with E-state index in [9.17, 15) is 4.79 Å². The van der Waals surface area contributed by atoms with Gasteiger partial charge in [0, 0.05) is 18.4 Å². The molecule has 1 N–H and O–H groups in total. The monoisotopic (exact) mass is 276 g/mol. The molecule has 4 heteroatoms. The van der Waals surface area contributed by atoms with Gasteiger partial charge in [0.05, 0.1) is 17.8 Å². The minimum atomic E-state index is -0.907. The summed E-state index contributed by atoms with van der Waals surface area (Å²) in [7, 11) is 0. The summed E-state index contributed by atoms with van der Waals surface area (Å²) in [6, 6.07) is 5.21. The first-order valence-electron chi connectivity index (χ1n) is 7.23. The van der Waals surface area contributed by atoms with Crippen LogP contribution in [0.4, 0.5) is 0 Å². The number of hydrogen-bond donors (Lipinski definition) is 1. The van der Waals surface area contributed by atoms with Crippen LogP contribution < -0.4 is 4.74 Å². The predicted octanol–water partition coefficient (Wildman–Crippen LogP) is 3.17. The fourth-order valence-electron chi connectivity index (χ4n) is 3.16. The second kappa shape index (κ2) is 5.09. The van der Waals surface area contributed by atoms with E-state index in [0.717, 1.165) is 32.3 Å². The lowest BCUT2D eigenvalue weighted by atomic mass is 9.74. The van der Waals surface area contributed by atoms with Gasteiger partial charge >= 0.3 is 5.97 Å². The Morgan fingerprint density at radius 2 is 2.25 bits per heavy atom. The first-order valence-corrected chi connectivity index (χ1v) is 7.23. The molecule has 2 aliphatic rings. The van der Waals surface area contributed by atoms with Crippen molar-refractivity contribution in [2.24, 2.45) is 0 Å². The Bertz CT molecular complexity index is 519. The van der Waals surface area contributed by atoms with Gasteiger partial charge in [-0.3, -0.25) is 0 Å². The number of carbonyl (C=O) groups is 1. The number of carboxylic acids is 1. The van der Waals surface area contributed by atoms with E-state index in [0.29, 0.717) is 16.9 Å². The topological polar surface area (TPSA) is 55.8 Å². The van der Waals surface area contributed by atoms with Crippen LogP contribution in [0.2, 0.25) is 0 Å². The van der Waals surface area contributed by atoms with Crippen molar-refractivity contribution in [1.29, 1.82) is 0 Å². The molecule has 0 aromatic heterocycles. The summed E-state index contributed by atoms with van der Waals surface area (Å²) in [6.07, 6.45) is 5.41. The molecule has 1 aromatic rings. The van der Waals surface area contributed by atoms with Crippen molar-refractivity contribution in [2.75, 3.05) is 6.61 Å². The van der Waals surface area contributed by atoms with Crippen molar-refractivity contribution in [2.45, 2.75) is 50.7 Å². The van der Waals surface area contributed by atoms with Gasteiger partial charge < -0.3 is 14.6 Å². The Morgan fingerprint density at radius 1 is 1.45 bits per heavy atom. The van der Waals surface area contributed by atoms with Gasteiger partial charge in [0.25, 0.3) is 0 Å². The zero-order chi connectivity index (χ0) is 14.2. The van der Waals surface area contributed by atoms with E-state index >= 15 is 0 Å². The first kappa shape index (κ1) is 13.4. The van der Waals surface area contributed by atoms with Gasteiger partial charge in [0.1, 0.15) is 11.9 Å². The van der Waals surface area contributed by atoms with Gasteiger partial charge in [-0.05, 0) is 38.3 Å². The van der Waals surface area contributed by atoms with Crippen molar-refractivity contribution in [1.82, 2.24) is 0 Å². The SMILES string of the molecule is Cc1c(OC2CCOC3(CCC3)C2)cccc1C(=O)O. The molecular formula is C16H20O4. The zero-order valence-electron chi connectivity index (χ0n) is 11.7. The molecule has 0 radical (unpaired) electrons. The molecule has 1 atom stereocenters. The van der Waals surface area contributed by atoms with Crippen LogP contribution in [0, 0.1) is 6.92 Å². The molecule has 3 rings (SSSR count). The molecule has 0 amide bonds. The maximum atomic E-state index is 11.1. The van der Waals surface area contributed by atoms with E-state index in [1.165, 1.54) is 6.42 Å². The normalized spacial score (nSPS) is 24.1. The summed E-state index contributed by atoms with van der Waals surface area (Å²) >= 11 is 0. The molecule has 1 saturated carbocycles. The third-order valence-corrected chi connectivity index (χ3v) is 4.52. The van der Waals surface area contributed by atoms with Crippen LogP contribution in [0.25, 0.3) is 0 Å². The summed E-state index contributed by atoms with van der Waals surface area (Å²) < 4.78 is 12.0. The fraction of sp³-hybridized carbons (Fsp3) is 0.562. The van der Waals surface area contributed by atoms with Crippen LogP contribution in [0.5, 0.6) is 5.75 Å². The maximum absolute atomic E-state index is 11.1. The van der Waals surface area contributed by atoms with Crippen molar-refractivity contribution in [3.63, 3.8) is 0 Å². The van der Waals surface area contributed by atoms with Crippen molar-refractivity contribution >= 4 is 5.97 Å². The van der Waals surface area contributed by atoms with E-state index in [-0.39, 0.29) is 11.7 Å². The number of hydrogen-bond acceptors (Lipinski definition) is 3. The highest BCUT2D eigenvalue weighted by molar-refractivity contribution is 5.90. The standard InChI is InChI=1S/C16H20O4/c1-11-13(15(17)18)4-2-5-14(11)20-12-6-9-19-16(10-12)7-3-8-16/h2,4-5,12H,3,6-10H2,1H3,(H,17,18). The molecule has 0 bridgehead atoms. The highest BCUT2D eigenvalue weighted by atomic mass is 16.5. The largest absolute Gasteiger partial charge is 0.490 e. The minimum absolute atomic E-state index is 0.0429. The molecule has 1 heterocycles. The van der Waals surface area contributed by atoms with E-state index in [1.54, 1.807) is 19.1 Å². The summed E-state index contributed by atoms with van der Waals surface area (Å²) in [5.41, 5.74) is 1.06. The predicted molar refractivity (Wildman–Crippen MR) is 74.3 cm³/mol. The average Bonchev–Trinajstić information content (AvgIpc) is 2.39. The van der Waals surface area contributed by atoms with Crippen LogP contribution in [0.15, 0.2) is 18.2 Å². The number of benzene rings is 1. The van der Waals surface area contributed by atoms with Crippen LogP contribution in [-0.4, -0.2) is 29.4 Å². The van der Waals surface area contributed by atoms with Gasteiger partial charge in [0.2, 0.25) is 0 Å². The summed E-state index contributed by atoms with van der Waals surface area (Å²) in [5.74, 6) is -0.221. The minimum Gasteiger partial charge on any atom is -0.490 e. The van der Waals surface area contributed by atoms with Gasteiger partial charge in [-0.2, -0.15) is 0 Å². The quantitative estimate of drug-likeness (QED) is 0.921. The third-order valence-electron chi connectivity index (χ3n) is 4.52. The second-order valence-corrected chi connectivity index (χ2v) is 5.85. The summed E-state index contributed by atoms with van der Waals surface area (Å²) in [5, 5.41) is 9.15. The average molecular weight is 276 g/mol. The molecule has 20 heavy (non-hydrogen) atoms. The molecule has 108 valence electrons. The van der Waals surface area contributed by atoms with E-state index in [4.69, 9.17) is 14.6 Å². The molecule has 1 aromatic carbocycles. The highest BCUT2D eigenvalue weighted by Gasteiger charge is 2.43. The smallest absolute Gasteiger partial charge is 0.336 e. The van der Waals surface area contributed by atoms with Crippen molar-refractivity contribution in [3.8, 4) is 5.75 Å². The lowest BCUT2D eigenvalue weighted by Gasteiger charge is -2.47. The molecule has 4 nitrogen and oxygen atoms in total. The Kier molecular flexibility index (Phi) is 3.42. The molecular weight excluding hydrogens is 256 g/mol. The van der Waals surface area contributed by atoms with E-state index in [1.807, 2.05) is 6.07 Å². The van der Waals surface area contributed by atoms with Gasteiger partial charge in [-0.1, -0.05) is 6.07 Å². The number of rotatable bonds is 3. The molecule has 1 unspecified atom stereocenters. The lowest BCUT2D eigenvalue weighted by molar-refractivity contribution is -0.153. The maximum Gasteiger partial charge on any atom is 0.336 e. The van der Waals surface area contributed by atoms with Crippen molar-refractivity contribution in [3.05, 3.63) is 29.3 Å². The Balaban J connectivity index is 1.74. The Labute approximate surface area is 118 Å². The fourth-order valence-corrected chi connectivity index (χ4v) is 3.16. The zero-order valence-corrected chi connectivity index (χ0v) is 11.7. The highest BCUT2D eigenvalue weighted by Crippen LogP contribution is 2.43. The Morgan fingerprint density at radius 3 is 2.90 bits per heavy atom. The summed E-state index contributed by atoms with van der Waals surface area (Å²) in [6.45, 7) is 2.54. The first-order chi connectivity index (χ1) is 9.60. The van der Waals surface area contributed by atoms with Gasteiger partial charge in [-0.25, -0.2) is 4.79 Å². The van der Waals surface area contributed by atoms with Gasteiger partial charge in [0.15, 0.2) is 0 Å². The van der Waals surface area contributed by atoms with Crippen LogP contribution in [0.1, 0.15) is 48.0 Å². The van der Waals surface area contributed by atoms with E-state index < -0.39 is 5.97 Å². The van der Waals surface area contributed by atoms with Crippen LogP contribution in [-0.2, 0) is 4.74 Å². The number of carboxylic acid groups (broad SMARTS) is 1. The molecule has 1 saturated heterocycles. The second-order valence-electron chi connectivity index (χ2n) is 5.85. The Hall–Kier alpha value is -1.55. The molecule has 1 aliphatic heterocycles. The molecule has 2 fully saturated rings. The number of ether oxygens (including phenoxy) is 2. The van der Waals surface area contributed by atoms with Crippen LogP contribution in [0.3, 0.4) is 0 Å². The van der Waals surface area contributed by atoms with E-state index in [2.05, 4.69) is 0 Å². The van der Waals surface area contributed by atoms with Gasteiger partial charge in [-0.15, -0.1) is 0 Å². The molecule has 1 spiro atoms. The lowest BCUT2D eigenvalue weighted by Crippen LogP contribution is -2.48. The summed E-state index contributed by atoms with van der Waals surface area (Å²) in [4.78, 5) is 11.1. The van der Waals surface area contributed by atoms with Crippen molar-refractivity contribution < 1.29 is 19.4 Å². The molecule has 1 aliphatic carbocycles. The third kappa shape index (κ3) is 2.40.